The van der Waals surface area contributed by atoms with Crippen LogP contribution in [0.2, 0.25) is 0 Å². The van der Waals surface area contributed by atoms with E-state index in [2.05, 4.69) is 42.2 Å². The van der Waals surface area contributed by atoms with E-state index in [1.807, 2.05) is 24.3 Å². The molecule has 0 aliphatic rings. The van der Waals surface area contributed by atoms with E-state index < -0.39 is 0 Å². The number of methoxy groups -OCH3 is 1. The number of hydrogen-bond acceptors (Lipinski definition) is 2. The molecule has 2 aromatic rings. The van der Waals surface area contributed by atoms with Crippen molar-refractivity contribution in [2.45, 2.75) is 32.9 Å². The Bertz CT molecular complexity index is 647. The van der Waals surface area contributed by atoms with Gasteiger partial charge in [-0.05, 0) is 11.4 Å². The second-order valence-electron chi connectivity index (χ2n) is 6.13. The Labute approximate surface area is 162 Å². The number of para-hydroxylation sites is 1. The number of aromatic hydroxyl groups is 1. The topological polar surface area (TPSA) is 43.6 Å². The molecule has 1 N–H and O–H groups in total. The Morgan fingerprint density at radius 3 is 2.33 bits per heavy atom. The average Bonchev–Trinajstić information content (AvgIpc) is 2.57. The molecule has 1 unspecified atom stereocenters. The molecular weight excluding hydrogens is 376 g/mol. The van der Waals surface area contributed by atoms with E-state index in [0.29, 0.717) is 20.9 Å². The summed E-state index contributed by atoms with van der Waals surface area (Å²) in [5.74, 6) is 0.743. The summed E-state index contributed by atoms with van der Waals surface area (Å²) in [6.45, 7) is 7.00. The zero-order valence-electron chi connectivity index (χ0n) is 14.4. The van der Waals surface area contributed by atoms with Crippen molar-refractivity contribution in [2.24, 2.45) is 0 Å². The van der Waals surface area contributed by atoms with Crippen molar-refractivity contribution >= 4 is 28.5 Å². The fraction of sp³-hybridized carbons (Fsp3) is 0.333. The monoisotopic (exact) mass is 399 g/mol. The third-order valence-electron chi connectivity index (χ3n) is 3.23. The van der Waals surface area contributed by atoms with Crippen LogP contribution in [0.3, 0.4) is 0 Å². The number of benzene rings is 2. The minimum absolute atomic E-state index is 0.0473. The number of ether oxygens (including phenoxy) is 1. The summed E-state index contributed by atoms with van der Waals surface area (Å²) in [7, 11) is 6.58. The molecule has 0 aliphatic heterocycles. The molecule has 1 atom stereocenters. The number of phenols is 1. The summed E-state index contributed by atoms with van der Waals surface area (Å²) < 4.78 is 5.18. The van der Waals surface area contributed by atoms with Gasteiger partial charge in [0.25, 0.3) is 0 Å². The molecule has 0 aliphatic carbocycles. The maximum absolute atomic E-state index is 10.3. The van der Waals surface area contributed by atoms with Crippen molar-refractivity contribution in [1.29, 1.82) is 0 Å². The number of rotatable bonds is 5. The quantitative estimate of drug-likeness (QED) is 0.598. The van der Waals surface area contributed by atoms with Gasteiger partial charge in [-0.3, -0.25) is 0 Å². The molecule has 0 saturated heterocycles. The van der Waals surface area contributed by atoms with Crippen LogP contribution in [-0.4, -0.2) is 17.8 Å². The van der Waals surface area contributed by atoms with Crippen molar-refractivity contribution < 1.29 is 29.2 Å². The molecule has 2 aromatic carbocycles. The van der Waals surface area contributed by atoms with Gasteiger partial charge in [-0.25, -0.2) is 0 Å². The second kappa shape index (κ2) is 10.4. The standard InChI is InChI=1S/C18H23NO2P.ClH.Ti/c1-18(2,3)19-12-13-8-5-6-10-15(13)22-16-11-7-9-14(21-4)17(16)20;;/h5-11,20,22H,12H2,1-4H3;1H;/q-1;;+2/p-1. The van der Waals surface area contributed by atoms with E-state index >= 15 is 0 Å². The maximum atomic E-state index is 10.3. The van der Waals surface area contributed by atoms with Gasteiger partial charge in [0.15, 0.2) is 11.5 Å². The average molecular weight is 400 g/mol. The van der Waals surface area contributed by atoms with Crippen LogP contribution < -0.4 is 15.3 Å². The first-order valence-corrected chi connectivity index (χ1v) is 10.6. The van der Waals surface area contributed by atoms with Crippen LogP contribution in [0.4, 0.5) is 0 Å². The first-order valence-electron chi connectivity index (χ1n) is 7.49. The number of hydrogen-bond donors (Lipinski definition) is 1. The van der Waals surface area contributed by atoms with E-state index in [0.717, 1.165) is 5.30 Å². The normalized spacial score (nSPS) is 11.2. The molecule has 128 valence electrons. The summed E-state index contributed by atoms with van der Waals surface area (Å²) in [4.78, 5) is 0. The van der Waals surface area contributed by atoms with Gasteiger partial charge in [0.1, 0.15) is 0 Å². The third-order valence-corrected chi connectivity index (χ3v) is 4.66. The predicted molar refractivity (Wildman–Crippen MR) is 101 cm³/mol. The summed E-state index contributed by atoms with van der Waals surface area (Å²) in [6, 6.07) is 13.9. The van der Waals surface area contributed by atoms with Crippen molar-refractivity contribution in [1.82, 2.24) is 0 Å². The fourth-order valence-electron chi connectivity index (χ4n) is 2.04. The molecule has 2 rings (SSSR count). The van der Waals surface area contributed by atoms with Gasteiger partial charge in [0, 0.05) is 5.30 Å². The van der Waals surface area contributed by atoms with Gasteiger partial charge in [0.2, 0.25) is 0 Å². The van der Waals surface area contributed by atoms with Crippen LogP contribution in [0.1, 0.15) is 26.3 Å². The molecule has 0 heterocycles. The van der Waals surface area contributed by atoms with Crippen molar-refractivity contribution in [3.05, 3.63) is 53.3 Å². The van der Waals surface area contributed by atoms with E-state index in [9.17, 15) is 5.11 Å². The minimum atomic E-state index is -0.0473. The molecule has 6 heteroatoms. The summed E-state index contributed by atoms with van der Waals surface area (Å²) in [5.41, 5.74) is 1.16. The predicted octanol–water partition coefficient (Wildman–Crippen LogP) is 4.39. The Morgan fingerprint density at radius 2 is 1.71 bits per heavy atom. The summed E-state index contributed by atoms with van der Waals surface area (Å²) in [6.07, 6.45) is 0. The van der Waals surface area contributed by atoms with E-state index in [1.165, 1.54) is 30.2 Å². The van der Waals surface area contributed by atoms with Gasteiger partial charge >= 0.3 is 28.7 Å². The molecule has 0 amide bonds. The molecule has 0 bridgehead atoms. The molecule has 0 fully saturated rings. The van der Waals surface area contributed by atoms with Gasteiger partial charge in [-0.2, -0.15) is 0 Å². The van der Waals surface area contributed by atoms with Crippen LogP contribution >= 0.6 is 17.9 Å². The van der Waals surface area contributed by atoms with E-state index in [-0.39, 0.29) is 11.3 Å². The third kappa shape index (κ3) is 6.74. The Morgan fingerprint density at radius 1 is 1.08 bits per heavy atom. The molecule has 0 spiro atoms. The zero-order valence-corrected chi connectivity index (χ0v) is 17.7. The molecule has 0 saturated carbocycles. The fourth-order valence-corrected chi connectivity index (χ4v) is 3.25. The van der Waals surface area contributed by atoms with Crippen LogP contribution in [0.25, 0.3) is 5.32 Å². The van der Waals surface area contributed by atoms with Crippen LogP contribution in [-0.2, 0) is 25.9 Å². The van der Waals surface area contributed by atoms with Gasteiger partial charge < -0.3 is 15.2 Å². The summed E-state index contributed by atoms with van der Waals surface area (Å²) >= 11 is 1.47. The molecule has 0 radical (unpaired) electrons. The zero-order chi connectivity index (χ0) is 18.2. The SMILES string of the molecule is COc1cccc(Pc2ccccc2C[N-]C(C)(C)C)c1O.[Cl][Ti+]. The van der Waals surface area contributed by atoms with Gasteiger partial charge in [0.05, 0.1) is 7.11 Å². The van der Waals surface area contributed by atoms with E-state index in [1.54, 1.807) is 13.2 Å². The molecule has 0 aromatic heterocycles. The number of halogens is 1. The van der Waals surface area contributed by atoms with Crippen molar-refractivity contribution in [2.75, 3.05) is 7.11 Å². The molecule has 24 heavy (non-hydrogen) atoms. The Hall–Kier alpha value is -0.566. The van der Waals surface area contributed by atoms with E-state index in [4.69, 9.17) is 10.1 Å². The van der Waals surface area contributed by atoms with Crippen LogP contribution in [0, 0.1) is 0 Å². The van der Waals surface area contributed by atoms with Gasteiger partial charge in [-0.15, -0.1) is 12.1 Å². The Kier molecular flexibility index (Phi) is 9.33. The van der Waals surface area contributed by atoms with Crippen LogP contribution in [0.5, 0.6) is 11.5 Å². The van der Waals surface area contributed by atoms with Crippen LogP contribution in [0.15, 0.2) is 42.5 Å². The van der Waals surface area contributed by atoms with Gasteiger partial charge in [-0.1, -0.05) is 71.3 Å². The Balaban J connectivity index is 0.00000139. The van der Waals surface area contributed by atoms with Crippen molar-refractivity contribution in [3.8, 4) is 11.5 Å². The first-order chi connectivity index (χ1) is 11.4. The number of phenolic OH excluding ortho intramolecular Hbond substituents is 1. The first kappa shape index (κ1) is 21.5. The second-order valence-corrected chi connectivity index (χ2v) is 7.45. The summed E-state index contributed by atoms with van der Waals surface area (Å²) in [5, 5.41) is 17.1. The molecular formula is C18H23ClNO2PTi. The van der Waals surface area contributed by atoms with Crippen molar-refractivity contribution in [3.63, 3.8) is 0 Å². The molecule has 3 nitrogen and oxygen atoms in total. The number of nitrogens with zero attached hydrogens (tertiary/aromatic N) is 1.